The molecule has 0 saturated heterocycles. The summed E-state index contributed by atoms with van der Waals surface area (Å²) in [5, 5.41) is 5.19. The fourth-order valence-corrected chi connectivity index (χ4v) is 4.10. The summed E-state index contributed by atoms with van der Waals surface area (Å²) in [6.07, 6.45) is 6.00. The third-order valence-corrected chi connectivity index (χ3v) is 5.74. The van der Waals surface area contributed by atoms with Crippen molar-refractivity contribution in [2.45, 2.75) is 46.5 Å². The third-order valence-electron chi connectivity index (χ3n) is 4.86. The van der Waals surface area contributed by atoms with E-state index in [0.717, 1.165) is 61.5 Å². The number of aromatic nitrogens is 2. The largest absolute Gasteiger partial charge is 0.338 e. The van der Waals surface area contributed by atoms with Crippen molar-refractivity contribution in [3.8, 4) is 11.3 Å². The lowest BCUT2D eigenvalue weighted by atomic mass is 10.1. The Morgan fingerprint density at radius 1 is 1.18 bits per heavy atom. The van der Waals surface area contributed by atoms with Crippen molar-refractivity contribution in [1.82, 2.24) is 19.6 Å². The Kier molecular flexibility index (Phi) is 7.09. The van der Waals surface area contributed by atoms with Gasteiger partial charge in [-0.3, -0.25) is 4.40 Å². The van der Waals surface area contributed by atoms with Gasteiger partial charge in [0.05, 0.1) is 5.69 Å². The second-order valence-corrected chi connectivity index (χ2v) is 8.03. The molecule has 1 N–H and O–H groups in total. The van der Waals surface area contributed by atoms with Gasteiger partial charge in [0.1, 0.15) is 0 Å². The summed E-state index contributed by atoms with van der Waals surface area (Å²) < 4.78 is 2.17. The van der Waals surface area contributed by atoms with Crippen LogP contribution in [-0.4, -0.2) is 39.9 Å². The molecule has 5 nitrogen and oxygen atoms in total. The molecule has 0 aliphatic heterocycles. The van der Waals surface area contributed by atoms with Crippen LogP contribution in [0.4, 0.5) is 4.79 Å². The molecule has 2 amide bonds. The van der Waals surface area contributed by atoms with Crippen molar-refractivity contribution < 1.29 is 4.79 Å². The Morgan fingerprint density at radius 2 is 1.96 bits per heavy atom. The molecule has 1 aromatic carbocycles. The summed E-state index contributed by atoms with van der Waals surface area (Å²) in [6, 6.07) is 8.51. The second-order valence-electron chi connectivity index (χ2n) is 7.19. The first-order valence-electron chi connectivity index (χ1n) is 10.2. The van der Waals surface area contributed by atoms with E-state index >= 15 is 0 Å². The molecule has 0 atom stereocenters. The molecular formula is C22H30N4OS. The van der Waals surface area contributed by atoms with Crippen molar-refractivity contribution in [3.63, 3.8) is 0 Å². The topological polar surface area (TPSA) is 49.6 Å². The molecule has 3 rings (SSSR count). The molecule has 2 heterocycles. The van der Waals surface area contributed by atoms with E-state index in [0.29, 0.717) is 0 Å². The number of rotatable bonds is 9. The molecule has 0 radical (unpaired) electrons. The number of urea groups is 1. The predicted molar refractivity (Wildman–Crippen MR) is 117 cm³/mol. The van der Waals surface area contributed by atoms with Crippen LogP contribution in [0.15, 0.2) is 35.8 Å². The van der Waals surface area contributed by atoms with Gasteiger partial charge in [0.15, 0.2) is 4.96 Å². The van der Waals surface area contributed by atoms with Gasteiger partial charge in [-0.15, -0.1) is 11.3 Å². The molecule has 0 spiro atoms. The van der Waals surface area contributed by atoms with E-state index in [9.17, 15) is 4.79 Å². The van der Waals surface area contributed by atoms with E-state index in [1.807, 2.05) is 4.90 Å². The maximum absolute atomic E-state index is 12.4. The fraction of sp³-hybridized carbons (Fsp3) is 0.455. The first-order chi connectivity index (χ1) is 13.6. The zero-order valence-electron chi connectivity index (χ0n) is 17.1. The molecule has 2 aromatic heterocycles. The summed E-state index contributed by atoms with van der Waals surface area (Å²) in [5.41, 5.74) is 4.58. The number of unbranched alkanes of at least 4 members (excludes halogenated alkanes) is 1. The molecule has 6 heteroatoms. The van der Waals surface area contributed by atoms with Gasteiger partial charge in [-0.05, 0) is 19.8 Å². The lowest BCUT2D eigenvalue weighted by Crippen LogP contribution is -2.41. The van der Waals surface area contributed by atoms with Crippen molar-refractivity contribution in [1.29, 1.82) is 0 Å². The summed E-state index contributed by atoms with van der Waals surface area (Å²) in [4.78, 5) is 20.1. The number of fused-ring (bicyclic) bond motifs is 1. The monoisotopic (exact) mass is 398 g/mol. The minimum absolute atomic E-state index is 0.0488. The predicted octanol–water partition coefficient (Wildman–Crippen LogP) is 5.14. The fourth-order valence-electron chi connectivity index (χ4n) is 3.19. The Labute approximate surface area is 171 Å². The molecule has 28 heavy (non-hydrogen) atoms. The van der Waals surface area contributed by atoms with Crippen molar-refractivity contribution >= 4 is 22.3 Å². The summed E-state index contributed by atoms with van der Waals surface area (Å²) >= 11 is 1.66. The van der Waals surface area contributed by atoms with Crippen LogP contribution in [0, 0.1) is 6.92 Å². The molecule has 0 unspecified atom stereocenters. The second kappa shape index (κ2) is 9.73. The number of nitrogens with one attached hydrogen (secondary N) is 1. The molecule has 0 bridgehead atoms. The summed E-state index contributed by atoms with van der Waals surface area (Å²) in [7, 11) is 0. The van der Waals surface area contributed by atoms with E-state index < -0.39 is 0 Å². The Bertz CT molecular complexity index is 897. The van der Waals surface area contributed by atoms with E-state index in [-0.39, 0.29) is 6.03 Å². The number of hydrogen-bond donors (Lipinski definition) is 1. The van der Waals surface area contributed by atoms with Crippen LogP contribution in [0.3, 0.4) is 0 Å². The number of benzene rings is 1. The van der Waals surface area contributed by atoms with E-state index in [2.05, 4.69) is 66.3 Å². The van der Waals surface area contributed by atoms with Gasteiger partial charge in [0.25, 0.3) is 0 Å². The molecule has 0 fully saturated rings. The van der Waals surface area contributed by atoms with Crippen LogP contribution in [-0.2, 0) is 6.42 Å². The lowest BCUT2D eigenvalue weighted by Gasteiger charge is -2.22. The number of thiazole rings is 1. The van der Waals surface area contributed by atoms with Gasteiger partial charge < -0.3 is 10.2 Å². The smallest absolute Gasteiger partial charge is 0.317 e. The van der Waals surface area contributed by atoms with Crippen LogP contribution in [0.2, 0.25) is 0 Å². The van der Waals surface area contributed by atoms with Gasteiger partial charge in [-0.2, -0.15) is 0 Å². The number of imidazole rings is 1. The molecule has 3 aromatic rings. The van der Waals surface area contributed by atoms with Crippen molar-refractivity contribution in [2.24, 2.45) is 0 Å². The minimum Gasteiger partial charge on any atom is -0.338 e. The van der Waals surface area contributed by atoms with Gasteiger partial charge in [0, 0.05) is 48.9 Å². The highest BCUT2D eigenvalue weighted by molar-refractivity contribution is 7.15. The zero-order chi connectivity index (χ0) is 19.9. The third kappa shape index (κ3) is 4.93. The standard InChI is InChI=1S/C22H30N4OS/c1-4-6-12-23-21(27)25(13-5-2)14-11-19-16-28-22-24-20(15-26(19)22)18-9-7-17(3)8-10-18/h7-10,15-16H,4-6,11-14H2,1-3H3,(H,23,27). The molecular weight excluding hydrogens is 368 g/mol. The van der Waals surface area contributed by atoms with Gasteiger partial charge in [-0.1, -0.05) is 50.1 Å². The number of hydrogen-bond acceptors (Lipinski definition) is 3. The number of aryl methyl sites for hydroxylation is 1. The van der Waals surface area contributed by atoms with Gasteiger partial charge in [-0.25, -0.2) is 9.78 Å². The molecule has 150 valence electrons. The van der Waals surface area contributed by atoms with E-state index in [1.165, 1.54) is 11.3 Å². The highest BCUT2D eigenvalue weighted by Crippen LogP contribution is 2.24. The van der Waals surface area contributed by atoms with E-state index in [4.69, 9.17) is 4.98 Å². The first-order valence-corrected chi connectivity index (χ1v) is 11.1. The van der Waals surface area contributed by atoms with Crippen LogP contribution in [0.5, 0.6) is 0 Å². The SMILES string of the molecule is CCCCNC(=O)N(CCC)CCc1csc2nc(-c3ccc(C)cc3)cn12. The number of amides is 2. The average Bonchev–Trinajstić information content (AvgIpc) is 3.27. The normalized spacial score (nSPS) is 11.1. The van der Waals surface area contributed by atoms with Gasteiger partial charge in [0.2, 0.25) is 0 Å². The van der Waals surface area contributed by atoms with Crippen molar-refractivity contribution in [3.05, 3.63) is 47.1 Å². The van der Waals surface area contributed by atoms with E-state index in [1.54, 1.807) is 11.3 Å². The highest BCUT2D eigenvalue weighted by atomic mass is 32.1. The number of nitrogens with zero attached hydrogens (tertiary/aromatic N) is 3. The average molecular weight is 399 g/mol. The summed E-state index contributed by atoms with van der Waals surface area (Å²) in [6.45, 7) is 8.58. The molecule has 0 aliphatic carbocycles. The Morgan fingerprint density at radius 3 is 2.68 bits per heavy atom. The first kappa shape index (κ1) is 20.4. The maximum Gasteiger partial charge on any atom is 0.317 e. The van der Waals surface area contributed by atoms with Gasteiger partial charge >= 0.3 is 6.03 Å². The minimum atomic E-state index is 0.0488. The van der Waals surface area contributed by atoms with Crippen LogP contribution in [0.1, 0.15) is 44.4 Å². The number of carbonyl (C=O) groups is 1. The quantitative estimate of drug-likeness (QED) is 0.508. The number of carbonyl (C=O) groups excluding carboxylic acids is 1. The van der Waals surface area contributed by atoms with Crippen molar-refractivity contribution in [2.75, 3.05) is 19.6 Å². The Hall–Kier alpha value is -2.34. The lowest BCUT2D eigenvalue weighted by molar-refractivity contribution is 0.198. The van der Waals surface area contributed by atoms with Crippen LogP contribution < -0.4 is 5.32 Å². The molecule has 0 aliphatic rings. The van der Waals surface area contributed by atoms with Crippen LogP contribution in [0.25, 0.3) is 16.2 Å². The maximum atomic E-state index is 12.4. The summed E-state index contributed by atoms with van der Waals surface area (Å²) in [5.74, 6) is 0. The highest BCUT2D eigenvalue weighted by Gasteiger charge is 2.14. The molecule has 0 saturated carbocycles. The zero-order valence-corrected chi connectivity index (χ0v) is 17.9. The Balaban J connectivity index is 1.69. The van der Waals surface area contributed by atoms with Crippen LogP contribution >= 0.6 is 11.3 Å².